The summed E-state index contributed by atoms with van der Waals surface area (Å²) >= 11 is 6.08. The summed E-state index contributed by atoms with van der Waals surface area (Å²) in [7, 11) is -3.73. The average Bonchev–Trinajstić information content (AvgIpc) is 2.51. The van der Waals surface area contributed by atoms with Crippen molar-refractivity contribution < 1.29 is 13.2 Å². The van der Waals surface area contributed by atoms with E-state index < -0.39 is 10.0 Å². The standard InChI is InChI=1S/C19H24ClNO3S/c1-6-24-18-11-10-14(12-15(18)19(3,4)5)25(22,23)21-17-9-7-8-16(20)13(17)2/h7-12,21H,6H2,1-5H3. The molecule has 0 saturated heterocycles. The summed E-state index contributed by atoms with van der Waals surface area (Å²) in [5, 5.41) is 0.516. The molecule has 136 valence electrons. The van der Waals surface area contributed by atoms with Crippen molar-refractivity contribution in [2.24, 2.45) is 0 Å². The van der Waals surface area contributed by atoms with E-state index in [0.29, 0.717) is 28.6 Å². The molecule has 1 N–H and O–H groups in total. The maximum atomic E-state index is 12.8. The van der Waals surface area contributed by atoms with Crippen molar-refractivity contribution in [2.45, 2.75) is 44.9 Å². The number of halogens is 1. The van der Waals surface area contributed by atoms with Gasteiger partial charge in [0.2, 0.25) is 0 Å². The van der Waals surface area contributed by atoms with Gasteiger partial charge in [0, 0.05) is 10.6 Å². The second-order valence-corrected chi connectivity index (χ2v) is 8.95. The third-order valence-electron chi connectivity index (χ3n) is 3.88. The summed E-state index contributed by atoms with van der Waals surface area (Å²) < 4.78 is 33.9. The summed E-state index contributed by atoms with van der Waals surface area (Å²) in [5.74, 6) is 0.702. The summed E-state index contributed by atoms with van der Waals surface area (Å²) in [5.41, 5.74) is 1.76. The van der Waals surface area contributed by atoms with Crippen molar-refractivity contribution in [2.75, 3.05) is 11.3 Å². The van der Waals surface area contributed by atoms with Gasteiger partial charge in [0.1, 0.15) is 5.75 Å². The predicted molar refractivity (Wildman–Crippen MR) is 103 cm³/mol. The fourth-order valence-corrected chi connectivity index (χ4v) is 3.79. The number of sulfonamides is 1. The van der Waals surface area contributed by atoms with Crippen LogP contribution in [0.15, 0.2) is 41.3 Å². The van der Waals surface area contributed by atoms with E-state index >= 15 is 0 Å². The molecule has 6 heteroatoms. The molecule has 25 heavy (non-hydrogen) atoms. The summed E-state index contributed by atoms with van der Waals surface area (Å²) in [6, 6.07) is 10.1. The molecule has 0 aliphatic heterocycles. The normalized spacial score (nSPS) is 12.1. The molecule has 2 aromatic rings. The number of ether oxygens (including phenoxy) is 1. The first-order chi connectivity index (χ1) is 11.6. The first-order valence-corrected chi connectivity index (χ1v) is 9.97. The largest absolute Gasteiger partial charge is 0.494 e. The maximum Gasteiger partial charge on any atom is 0.261 e. The third-order valence-corrected chi connectivity index (χ3v) is 5.65. The molecule has 0 radical (unpaired) electrons. The number of anilines is 1. The summed E-state index contributed by atoms with van der Waals surface area (Å²) in [4.78, 5) is 0.195. The zero-order valence-electron chi connectivity index (χ0n) is 15.2. The lowest BCUT2D eigenvalue weighted by molar-refractivity contribution is 0.329. The molecule has 0 aliphatic rings. The van der Waals surface area contributed by atoms with Crippen LogP contribution >= 0.6 is 11.6 Å². The minimum Gasteiger partial charge on any atom is -0.494 e. The Hall–Kier alpha value is -1.72. The fourth-order valence-electron chi connectivity index (χ4n) is 2.47. The lowest BCUT2D eigenvalue weighted by Crippen LogP contribution is -2.18. The molecule has 4 nitrogen and oxygen atoms in total. The van der Waals surface area contributed by atoms with Crippen LogP contribution in [0.5, 0.6) is 5.75 Å². The Labute approximate surface area is 155 Å². The second kappa shape index (κ2) is 7.26. The summed E-state index contributed by atoms with van der Waals surface area (Å²) in [6.45, 7) is 10.3. The Morgan fingerprint density at radius 2 is 1.84 bits per heavy atom. The lowest BCUT2D eigenvalue weighted by atomic mass is 9.86. The highest BCUT2D eigenvalue weighted by Crippen LogP contribution is 2.34. The van der Waals surface area contributed by atoms with Crippen molar-refractivity contribution in [1.29, 1.82) is 0 Å². The van der Waals surface area contributed by atoms with Gasteiger partial charge in [0.25, 0.3) is 10.0 Å². The maximum absolute atomic E-state index is 12.8. The van der Waals surface area contributed by atoms with E-state index in [4.69, 9.17) is 16.3 Å². The Kier molecular flexibility index (Phi) is 5.69. The van der Waals surface area contributed by atoms with Crippen molar-refractivity contribution in [3.05, 3.63) is 52.5 Å². The first kappa shape index (κ1) is 19.6. The molecule has 0 bridgehead atoms. The molecule has 0 unspecified atom stereocenters. The van der Waals surface area contributed by atoms with Gasteiger partial charge < -0.3 is 4.74 Å². The van der Waals surface area contributed by atoms with E-state index in [0.717, 1.165) is 5.56 Å². The van der Waals surface area contributed by atoms with Gasteiger partial charge in [-0.05, 0) is 55.2 Å². The molecule has 0 spiro atoms. The minimum absolute atomic E-state index is 0.195. The lowest BCUT2D eigenvalue weighted by Gasteiger charge is -2.23. The molecular weight excluding hydrogens is 358 g/mol. The molecule has 0 heterocycles. The van der Waals surface area contributed by atoms with Gasteiger partial charge in [-0.3, -0.25) is 4.72 Å². The van der Waals surface area contributed by atoms with E-state index in [1.807, 2.05) is 27.7 Å². The van der Waals surface area contributed by atoms with E-state index in [1.54, 1.807) is 43.3 Å². The summed E-state index contributed by atoms with van der Waals surface area (Å²) in [6.07, 6.45) is 0. The average molecular weight is 382 g/mol. The number of hydrogen-bond donors (Lipinski definition) is 1. The van der Waals surface area contributed by atoms with Gasteiger partial charge in [-0.2, -0.15) is 0 Å². The zero-order valence-corrected chi connectivity index (χ0v) is 16.8. The number of rotatable bonds is 5. The van der Waals surface area contributed by atoms with Crippen molar-refractivity contribution in [3.8, 4) is 5.75 Å². The van der Waals surface area contributed by atoms with Crippen LogP contribution in [0.2, 0.25) is 5.02 Å². The van der Waals surface area contributed by atoms with Crippen molar-refractivity contribution in [3.63, 3.8) is 0 Å². The monoisotopic (exact) mass is 381 g/mol. The molecule has 0 atom stereocenters. The third kappa shape index (κ3) is 4.47. The molecule has 0 fully saturated rings. The van der Waals surface area contributed by atoms with Crippen LogP contribution in [0.4, 0.5) is 5.69 Å². The first-order valence-electron chi connectivity index (χ1n) is 8.11. The number of hydrogen-bond acceptors (Lipinski definition) is 3. The van der Waals surface area contributed by atoms with E-state index in [1.165, 1.54) is 0 Å². The zero-order chi connectivity index (χ0) is 18.8. The molecule has 0 amide bonds. The predicted octanol–water partition coefficient (Wildman–Crippen LogP) is 5.15. The Balaban J connectivity index is 2.47. The highest BCUT2D eigenvalue weighted by molar-refractivity contribution is 7.92. The van der Waals surface area contributed by atoms with Crippen LogP contribution < -0.4 is 9.46 Å². The van der Waals surface area contributed by atoms with Gasteiger partial charge >= 0.3 is 0 Å². The highest BCUT2D eigenvalue weighted by atomic mass is 35.5. The molecule has 0 aliphatic carbocycles. The van der Waals surface area contributed by atoms with Crippen LogP contribution in [-0.2, 0) is 15.4 Å². The van der Waals surface area contributed by atoms with Gasteiger partial charge in [-0.25, -0.2) is 8.42 Å². The molecule has 0 saturated carbocycles. The van der Waals surface area contributed by atoms with Gasteiger partial charge in [-0.15, -0.1) is 0 Å². The van der Waals surface area contributed by atoms with Crippen LogP contribution in [0.3, 0.4) is 0 Å². The number of benzene rings is 2. The van der Waals surface area contributed by atoms with Crippen molar-refractivity contribution >= 4 is 27.3 Å². The molecule has 0 aromatic heterocycles. The Morgan fingerprint density at radius 3 is 2.44 bits per heavy atom. The van der Waals surface area contributed by atoms with Gasteiger partial charge in [0.15, 0.2) is 0 Å². The topological polar surface area (TPSA) is 55.4 Å². The fraction of sp³-hybridized carbons (Fsp3) is 0.368. The molecular formula is C19H24ClNO3S. The van der Waals surface area contributed by atoms with Crippen LogP contribution in [-0.4, -0.2) is 15.0 Å². The van der Waals surface area contributed by atoms with Crippen LogP contribution in [0.25, 0.3) is 0 Å². The smallest absolute Gasteiger partial charge is 0.261 e. The molecule has 2 aromatic carbocycles. The van der Waals surface area contributed by atoms with E-state index in [9.17, 15) is 8.42 Å². The van der Waals surface area contributed by atoms with E-state index in [-0.39, 0.29) is 10.3 Å². The highest BCUT2D eigenvalue weighted by Gasteiger charge is 2.24. The van der Waals surface area contributed by atoms with Gasteiger partial charge in [0.05, 0.1) is 17.2 Å². The minimum atomic E-state index is -3.73. The molecule has 2 rings (SSSR count). The van der Waals surface area contributed by atoms with E-state index in [2.05, 4.69) is 4.72 Å². The van der Waals surface area contributed by atoms with Crippen LogP contribution in [0.1, 0.15) is 38.8 Å². The van der Waals surface area contributed by atoms with Crippen LogP contribution in [0, 0.1) is 6.92 Å². The number of nitrogens with one attached hydrogen (secondary N) is 1. The quantitative estimate of drug-likeness (QED) is 0.779. The SMILES string of the molecule is CCOc1ccc(S(=O)(=O)Nc2cccc(Cl)c2C)cc1C(C)(C)C. The Morgan fingerprint density at radius 1 is 1.16 bits per heavy atom. The van der Waals surface area contributed by atoms with Crippen molar-refractivity contribution in [1.82, 2.24) is 0 Å². The second-order valence-electron chi connectivity index (χ2n) is 6.86. The van der Waals surface area contributed by atoms with Gasteiger partial charge in [-0.1, -0.05) is 38.4 Å². The Bertz CT molecular complexity index is 871.